The van der Waals surface area contributed by atoms with Gasteiger partial charge in [0.2, 0.25) is 5.56 Å². The van der Waals surface area contributed by atoms with Crippen molar-refractivity contribution in [1.82, 2.24) is 20.3 Å². The highest BCUT2D eigenvalue weighted by Crippen LogP contribution is 2.25. The number of ether oxygens (including phenoxy) is 1. The van der Waals surface area contributed by atoms with Crippen molar-refractivity contribution in [2.24, 2.45) is 0 Å². The van der Waals surface area contributed by atoms with Crippen LogP contribution in [0.5, 0.6) is 0 Å². The Bertz CT molecular complexity index is 2580. The largest absolute Gasteiger partial charge is 0.477 e. The number of aryl methyl sites for hydroxylation is 3. The van der Waals surface area contributed by atoms with Crippen molar-refractivity contribution < 1.29 is 48.2 Å². The van der Waals surface area contributed by atoms with E-state index in [9.17, 15) is 52.7 Å². The van der Waals surface area contributed by atoms with Crippen molar-refractivity contribution in [2.75, 3.05) is 7.11 Å². The van der Waals surface area contributed by atoms with Gasteiger partial charge in [0, 0.05) is 89.6 Å². The number of carbonyl (C=O) groups excluding carboxylic acids is 7. The van der Waals surface area contributed by atoms with E-state index in [1.807, 2.05) is 12.2 Å². The lowest BCUT2D eigenvalue weighted by molar-refractivity contribution is -0.129. The summed E-state index contributed by atoms with van der Waals surface area (Å²) in [4.78, 5) is 130. The molecule has 0 aromatic carbocycles. The fourth-order valence-electron chi connectivity index (χ4n) is 7.59. The number of H-pyrrole nitrogens is 3. The molecule has 0 saturated heterocycles. The van der Waals surface area contributed by atoms with Gasteiger partial charge < -0.3 is 30.1 Å². The predicted octanol–water partition coefficient (Wildman–Crippen LogP) is 4.58. The summed E-state index contributed by atoms with van der Waals surface area (Å²) in [6.45, 7) is 0. The number of hydrogen-bond acceptors (Lipinski definition) is 13. The second-order valence-corrected chi connectivity index (χ2v) is 15.8. The van der Waals surface area contributed by atoms with Crippen LogP contribution in [0.4, 0.5) is 0 Å². The molecule has 0 amide bonds. The minimum atomic E-state index is -1.31. The Labute approximate surface area is 364 Å². The molecule has 3 aromatic rings. The molecule has 5 N–H and O–H groups in total. The zero-order chi connectivity index (χ0) is 45.8. The molecule has 0 radical (unpaired) electrons. The minimum absolute atomic E-state index is 0.0392. The van der Waals surface area contributed by atoms with E-state index in [-0.39, 0.29) is 63.3 Å². The first kappa shape index (κ1) is 47.4. The van der Waals surface area contributed by atoms with Crippen molar-refractivity contribution in [3.05, 3.63) is 124 Å². The van der Waals surface area contributed by atoms with Crippen LogP contribution in [0.1, 0.15) is 152 Å². The molecule has 3 aromatic heterocycles. The van der Waals surface area contributed by atoms with Crippen LogP contribution in [0, 0.1) is 0 Å². The molecule has 1 aliphatic heterocycles. The number of aromatic carboxylic acids is 1. The van der Waals surface area contributed by atoms with Gasteiger partial charge in [0.25, 0.3) is 11.1 Å². The molecule has 9 rings (SSSR count). The maximum atomic E-state index is 11.6. The minimum Gasteiger partial charge on any atom is -0.477 e. The van der Waals surface area contributed by atoms with E-state index in [0.717, 1.165) is 55.5 Å². The van der Waals surface area contributed by atoms with Gasteiger partial charge in [-0.05, 0) is 82.1 Å². The first-order valence-electron chi connectivity index (χ1n) is 20.6. The Kier molecular flexibility index (Phi) is 16.5. The summed E-state index contributed by atoms with van der Waals surface area (Å²) < 4.78 is 4.47. The van der Waals surface area contributed by atoms with Crippen molar-refractivity contribution in [3.8, 4) is 0 Å². The number of nitrogens with one attached hydrogen (secondary N) is 4. The van der Waals surface area contributed by atoms with Crippen LogP contribution < -0.4 is 22.0 Å². The molecule has 1 saturated carbocycles. The van der Waals surface area contributed by atoms with Gasteiger partial charge in [-0.3, -0.25) is 43.2 Å². The number of ketones is 6. The first-order chi connectivity index (χ1) is 30.1. The van der Waals surface area contributed by atoms with E-state index in [2.05, 4.69) is 25.0 Å². The summed E-state index contributed by atoms with van der Waals surface area (Å²) in [6.07, 6.45) is 14.3. The van der Waals surface area contributed by atoms with Gasteiger partial charge in [0.05, 0.1) is 13.5 Å². The summed E-state index contributed by atoms with van der Waals surface area (Å²) in [5.74, 6) is -1.56. The normalized spacial score (nSPS) is 18.3. The van der Waals surface area contributed by atoms with Gasteiger partial charge in [-0.25, -0.2) is 9.59 Å². The van der Waals surface area contributed by atoms with Crippen molar-refractivity contribution in [1.29, 1.82) is 0 Å². The maximum absolute atomic E-state index is 11.6. The fraction of sp³-hybridized carbons (Fsp3) is 0.400. The van der Waals surface area contributed by atoms with Gasteiger partial charge >= 0.3 is 11.9 Å². The zero-order valence-corrected chi connectivity index (χ0v) is 35.3. The molecule has 0 bridgehead atoms. The lowest BCUT2D eigenvalue weighted by Crippen LogP contribution is -2.29. The molecule has 0 spiro atoms. The number of halogens is 1. The Morgan fingerprint density at radius 2 is 1.08 bits per heavy atom. The van der Waals surface area contributed by atoms with Gasteiger partial charge in [-0.15, -0.1) is 0 Å². The Hall–Kier alpha value is -6.62. The monoisotopic (exact) mass is 886 g/mol. The number of methoxy groups -OCH3 is 1. The standard InChI is InChI=1S/C11H11NO4.C10H9NO4.C9H10ClNO.C9H9NO2.C6H8O2/c1-16-11(15)7-5-6-8(12-10(7)14)3-2-4-9(6)13;12-8-3-1-2-7-5(8)4-6(10(14)15)9(13)11-7;10-9-5-4-6-7(11-9)2-1-3-8(6)12;11-8-3-1-2-7-6(8)4-5-9(12)10-7;7-5-2-1-3-6(8)4-5/h5H,2-4H2,1H3,(H,12,14);4H,1-3H2,(H,11,13)(H,14,15);4-5,9,11H,1-3H2;4-5H,1-3H2,(H,10,12);1-4H2. The Morgan fingerprint density at radius 1 is 0.603 bits per heavy atom. The number of alkyl halides is 1. The highest BCUT2D eigenvalue weighted by Gasteiger charge is 2.25. The van der Waals surface area contributed by atoms with E-state index in [1.54, 1.807) is 6.07 Å². The van der Waals surface area contributed by atoms with Gasteiger partial charge in [-0.1, -0.05) is 17.7 Å². The molecular formula is C45H47ClN4O13. The molecule has 6 aliphatic rings. The number of fused-ring (bicyclic) bond motifs is 3. The van der Waals surface area contributed by atoms with Crippen LogP contribution in [0.15, 0.2) is 62.1 Å². The van der Waals surface area contributed by atoms with Crippen LogP contribution in [-0.2, 0) is 38.4 Å². The lowest BCUT2D eigenvalue weighted by Gasteiger charge is -2.24. The lowest BCUT2D eigenvalue weighted by atomic mass is 9.93. The second kappa shape index (κ2) is 21.9. The molecular weight excluding hydrogens is 840 g/mol. The van der Waals surface area contributed by atoms with E-state index in [0.29, 0.717) is 85.9 Å². The van der Waals surface area contributed by atoms with Gasteiger partial charge in [0.1, 0.15) is 28.2 Å². The third-order valence-corrected chi connectivity index (χ3v) is 11.0. The number of allylic oxidation sites excluding steroid dienone is 3. The van der Waals surface area contributed by atoms with E-state index >= 15 is 0 Å². The topological polar surface area (TPSA) is 277 Å². The molecule has 4 heterocycles. The summed E-state index contributed by atoms with van der Waals surface area (Å²) >= 11 is 5.84. The van der Waals surface area contributed by atoms with Crippen LogP contribution in [0.25, 0.3) is 0 Å². The molecule has 1 fully saturated rings. The third-order valence-electron chi connectivity index (χ3n) is 10.8. The van der Waals surface area contributed by atoms with Crippen molar-refractivity contribution >= 4 is 58.2 Å². The maximum Gasteiger partial charge on any atom is 0.343 e. The third kappa shape index (κ3) is 12.7. The first-order valence-corrected chi connectivity index (χ1v) is 21.0. The van der Waals surface area contributed by atoms with E-state index in [4.69, 9.17) is 16.7 Å². The summed E-state index contributed by atoms with van der Waals surface area (Å²) in [5, 5.41) is 11.8. The van der Waals surface area contributed by atoms with Gasteiger partial charge in [0.15, 0.2) is 23.1 Å². The highest BCUT2D eigenvalue weighted by molar-refractivity contribution is 6.22. The number of Topliss-reactive ketones (excluding diaryl/α,β-unsaturated/α-hetero) is 6. The van der Waals surface area contributed by atoms with Gasteiger partial charge in [-0.2, -0.15) is 0 Å². The number of pyridine rings is 3. The molecule has 18 heteroatoms. The van der Waals surface area contributed by atoms with Crippen LogP contribution in [0.2, 0.25) is 0 Å². The number of esters is 1. The number of rotatable bonds is 2. The quantitative estimate of drug-likeness (QED) is 0.102. The molecule has 17 nitrogen and oxygen atoms in total. The SMILES string of the molecule is COC(=O)c1cc2c([nH]c1=O)CCCC2=O.O=C1CCCC(=O)C1.O=C1CCCC2=C1C=CC(Cl)N2.O=C1CCCc2[nH]c(=O)c(C(=O)O)cc21.O=C1CCCc2[nH]c(=O)ccc21. The summed E-state index contributed by atoms with van der Waals surface area (Å²) in [5.41, 5.74) is 3.42. The number of carboxylic acids is 1. The highest BCUT2D eigenvalue weighted by atomic mass is 35.5. The average molecular weight is 887 g/mol. The van der Waals surface area contributed by atoms with Crippen LogP contribution in [0.3, 0.4) is 0 Å². The molecule has 332 valence electrons. The number of aromatic nitrogens is 3. The van der Waals surface area contributed by atoms with Crippen molar-refractivity contribution in [3.63, 3.8) is 0 Å². The smallest absolute Gasteiger partial charge is 0.343 e. The zero-order valence-electron chi connectivity index (χ0n) is 34.6. The van der Waals surface area contributed by atoms with Crippen LogP contribution in [-0.4, -0.2) is 79.3 Å². The van der Waals surface area contributed by atoms with E-state index in [1.165, 1.54) is 25.3 Å². The molecule has 63 heavy (non-hydrogen) atoms. The van der Waals surface area contributed by atoms with Crippen LogP contribution >= 0.6 is 11.6 Å². The Balaban J connectivity index is 0.000000151. The summed E-state index contributed by atoms with van der Waals surface area (Å²) in [7, 11) is 1.20. The summed E-state index contributed by atoms with van der Waals surface area (Å²) in [6, 6.07) is 5.54. The number of aromatic amines is 3. The Morgan fingerprint density at radius 3 is 1.60 bits per heavy atom. The van der Waals surface area contributed by atoms with Crippen molar-refractivity contribution in [2.45, 2.75) is 108 Å². The molecule has 5 aliphatic carbocycles. The number of hydrogen-bond donors (Lipinski definition) is 5. The number of dihydropyridines is 1. The number of carboxylic acid groups (broad SMARTS) is 1. The molecule has 1 unspecified atom stereocenters. The fourth-order valence-corrected chi connectivity index (χ4v) is 7.79. The predicted molar refractivity (Wildman–Crippen MR) is 228 cm³/mol. The number of carbonyl (C=O) groups is 8. The van der Waals surface area contributed by atoms with E-state index < -0.39 is 23.1 Å². The second-order valence-electron chi connectivity index (χ2n) is 15.3. The molecule has 1 atom stereocenters. The average Bonchev–Trinajstić information content (AvgIpc) is 3.24.